The summed E-state index contributed by atoms with van der Waals surface area (Å²) in [6.07, 6.45) is -0.491. The van der Waals surface area contributed by atoms with Gasteiger partial charge >= 0.3 is 6.09 Å². The first-order valence-electron chi connectivity index (χ1n) is 8.33. The molecule has 1 aliphatic rings. The van der Waals surface area contributed by atoms with Crippen LogP contribution in [0.5, 0.6) is 11.5 Å². The van der Waals surface area contributed by atoms with Gasteiger partial charge in [-0.3, -0.25) is 4.79 Å². The van der Waals surface area contributed by atoms with Crippen LogP contribution < -0.4 is 20.1 Å². The second-order valence-electron chi connectivity index (χ2n) is 5.65. The lowest BCUT2D eigenvalue weighted by molar-refractivity contribution is -0.116. The molecule has 2 amide bonds. The van der Waals surface area contributed by atoms with Gasteiger partial charge < -0.3 is 24.8 Å². The molecule has 0 spiro atoms. The van der Waals surface area contributed by atoms with E-state index in [9.17, 15) is 9.59 Å². The third-order valence-corrected chi connectivity index (χ3v) is 3.82. The summed E-state index contributed by atoms with van der Waals surface area (Å²) >= 11 is 0. The number of fused-ring (bicyclic) bond motifs is 1. The van der Waals surface area contributed by atoms with Crippen LogP contribution in [0.25, 0.3) is 0 Å². The van der Waals surface area contributed by atoms with E-state index in [1.807, 2.05) is 30.3 Å². The fraction of sp³-hybridized carbons (Fsp3) is 0.263. The van der Waals surface area contributed by atoms with Gasteiger partial charge in [0, 0.05) is 11.8 Å². The fourth-order valence-electron chi connectivity index (χ4n) is 2.62. The van der Waals surface area contributed by atoms with Crippen molar-refractivity contribution >= 4 is 17.7 Å². The van der Waals surface area contributed by atoms with Crippen LogP contribution in [-0.2, 0) is 9.53 Å². The minimum atomic E-state index is -0.558. The highest BCUT2D eigenvalue weighted by Crippen LogP contribution is 2.34. The topological polar surface area (TPSA) is 85.9 Å². The van der Waals surface area contributed by atoms with Crippen LogP contribution in [-0.4, -0.2) is 25.4 Å². The number of carbonyl (C=O) groups excluding carboxylic acids is 2. The van der Waals surface area contributed by atoms with Gasteiger partial charge in [0.1, 0.15) is 0 Å². The van der Waals surface area contributed by atoms with Gasteiger partial charge in [0.05, 0.1) is 19.1 Å². The summed E-state index contributed by atoms with van der Waals surface area (Å²) in [5.74, 6) is 0.996. The van der Waals surface area contributed by atoms with E-state index < -0.39 is 12.1 Å². The predicted molar refractivity (Wildman–Crippen MR) is 95.2 cm³/mol. The van der Waals surface area contributed by atoms with Crippen molar-refractivity contribution in [1.82, 2.24) is 5.32 Å². The van der Waals surface area contributed by atoms with E-state index in [1.165, 1.54) is 0 Å². The summed E-state index contributed by atoms with van der Waals surface area (Å²) in [5, 5.41) is 5.54. The van der Waals surface area contributed by atoms with E-state index in [2.05, 4.69) is 10.6 Å². The second kappa shape index (κ2) is 8.24. The highest BCUT2D eigenvalue weighted by atomic mass is 16.7. The molecule has 0 bridgehead atoms. The Morgan fingerprint density at radius 1 is 1.12 bits per heavy atom. The Kier molecular flexibility index (Phi) is 5.58. The van der Waals surface area contributed by atoms with E-state index in [4.69, 9.17) is 14.2 Å². The Morgan fingerprint density at radius 2 is 1.88 bits per heavy atom. The maximum absolute atomic E-state index is 12.5. The third kappa shape index (κ3) is 4.44. The number of nitrogens with one attached hydrogen (secondary N) is 2. The molecule has 2 aromatic rings. The summed E-state index contributed by atoms with van der Waals surface area (Å²) in [4.78, 5) is 24.3. The van der Waals surface area contributed by atoms with E-state index in [1.54, 1.807) is 25.1 Å². The van der Waals surface area contributed by atoms with Crippen LogP contribution in [0.3, 0.4) is 0 Å². The Morgan fingerprint density at radius 3 is 2.65 bits per heavy atom. The molecule has 2 aromatic carbocycles. The molecule has 7 heteroatoms. The summed E-state index contributed by atoms with van der Waals surface area (Å²) in [6.45, 7) is 2.16. The largest absolute Gasteiger partial charge is 0.454 e. The number of amides is 2. The third-order valence-electron chi connectivity index (χ3n) is 3.82. The average Bonchev–Trinajstić information content (AvgIpc) is 3.10. The molecule has 7 nitrogen and oxygen atoms in total. The van der Waals surface area contributed by atoms with Crippen LogP contribution in [0.4, 0.5) is 10.5 Å². The van der Waals surface area contributed by atoms with Gasteiger partial charge in [-0.15, -0.1) is 0 Å². The number of rotatable bonds is 6. The van der Waals surface area contributed by atoms with Gasteiger partial charge in [0.2, 0.25) is 12.7 Å². The summed E-state index contributed by atoms with van der Waals surface area (Å²) in [7, 11) is 0. The zero-order valence-corrected chi connectivity index (χ0v) is 14.4. The Hall–Kier alpha value is -3.22. The molecule has 26 heavy (non-hydrogen) atoms. The first-order chi connectivity index (χ1) is 12.7. The first kappa shape index (κ1) is 17.6. The molecular formula is C19H20N2O5. The Balaban J connectivity index is 1.67. The Bertz CT molecular complexity index is 779. The van der Waals surface area contributed by atoms with Gasteiger partial charge in [-0.2, -0.15) is 0 Å². The first-order valence-corrected chi connectivity index (χ1v) is 8.33. The van der Waals surface area contributed by atoms with E-state index in [0.717, 1.165) is 5.56 Å². The molecule has 3 rings (SSSR count). The van der Waals surface area contributed by atoms with Crippen LogP contribution in [0, 0.1) is 0 Å². The van der Waals surface area contributed by atoms with Crippen LogP contribution in [0.1, 0.15) is 24.9 Å². The van der Waals surface area contributed by atoms with Crippen molar-refractivity contribution < 1.29 is 23.8 Å². The van der Waals surface area contributed by atoms with Crippen molar-refractivity contribution in [2.75, 3.05) is 18.7 Å². The number of hydrogen-bond donors (Lipinski definition) is 2. The molecule has 1 aliphatic heterocycles. The smallest absolute Gasteiger partial charge is 0.407 e. The number of hydrogen-bond acceptors (Lipinski definition) is 5. The highest BCUT2D eigenvalue weighted by Gasteiger charge is 2.20. The lowest BCUT2D eigenvalue weighted by Crippen LogP contribution is -2.32. The normalized spacial score (nSPS) is 13.0. The van der Waals surface area contributed by atoms with Crippen molar-refractivity contribution in [3.05, 3.63) is 54.1 Å². The predicted octanol–water partition coefficient (Wildman–Crippen LogP) is 3.23. The molecule has 0 aliphatic carbocycles. The van der Waals surface area contributed by atoms with Crippen LogP contribution in [0.15, 0.2) is 48.5 Å². The second-order valence-corrected chi connectivity index (χ2v) is 5.65. The van der Waals surface area contributed by atoms with Crippen molar-refractivity contribution in [3.8, 4) is 11.5 Å². The van der Waals surface area contributed by atoms with Gasteiger partial charge in [-0.25, -0.2) is 4.79 Å². The molecule has 0 fully saturated rings. The molecule has 0 saturated heterocycles. The molecule has 2 N–H and O–H groups in total. The monoisotopic (exact) mass is 356 g/mol. The molecular weight excluding hydrogens is 336 g/mol. The van der Waals surface area contributed by atoms with E-state index in [-0.39, 0.29) is 25.7 Å². The molecule has 136 valence electrons. The number of carbonyl (C=O) groups is 2. The van der Waals surface area contributed by atoms with Crippen LogP contribution >= 0.6 is 0 Å². The number of anilines is 1. The standard InChI is InChI=1S/C19H20N2O5/c1-2-24-19(23)21-15(13-6-4-3-5-7-13)11-18(22)20-14-8-9-16-17(10-14)26-12-25-16/h3-10,15H,2,11-12H2,1H3,(H,20,22)(H,21,23)/t15-/m0/s1. The lowest BCUT2D eigenvalue weighted by atomic mass is 10.0. The van der Waals surface area contributed by atoms with Gasteiger partial charge in [0.15, 0.2) is 11.5 Å². The maximum atomic E-state index is 12.5. The quantitative estimate of drug-likeness (QED) is 0.830. The lowest BCUT2D eigenvalue weighted by Gasteiger charge is -2.18. The summed E-state index contributed by atoms with van der Waals surface area (Å²) in [5.41, 5.74) is 1.42. The van der Waals surface area contributed by atoms with Gasteiger partial charge in [0.25, 0.3) is 0 Å². The van der Waals surface area contributed by atoms with E-state index in [0.29, 0.717) is 17.2 Å². The van der Waals surface area contributed by atoms with Crippen molar-refractivity contribution in [2.45, 2.75) is 19.4 Å². The zero-order chi connectivity index (χ0) is 18.4. The number of benzene rings is 2. The van der Waals surface area contributed by atoms with Crippen molar-refractivity contribution in [1.29, 1.82) is 0 Å². The molecule has 0 saturated carbocycles. The minimum Gasteiger partial charge on any atom is -0.454 e. The van der Waals surface area contributed by atoms with Gasteiger partial charge in [-0.05, 0) is 24.6 Å². The molecule has 1 atom stereocenters. The number of alkyl carbamates (subject to hydrolysis) is 1. The van der Waals surface area contributed by atoms with Crippen LogP contribution in [0.2, 0.25) is 0 Å². The zero-order valence-electron chi connectivity index (χ0n) is 14.4. The van der Waals surface area contributed by atoms with E-state index >= 15 is 0 Å². The summed E-state index contributed by atoms with van der Waals surface area (Å²) in [6, 6.07) is 14.0. The highest BCUT2D eigenvalue weighted by molar-refractivity contribution is 5.92. The Labute approximate surface area is 151 Å². The average molecular weight is 356 g/mol. The SMILES string of the molecule is CCOC(=O)N[C@@H](CC(=O)Nc1ccc2c(c1)OCO2)c1ccccc1. The summed E-state index contributed by atoms with van der Waals surface area (Å²) < 4.78 is 15.5. The molecule has 0 aromatic heterocycles. The van der Waals surface area contributed by atoms with Gasteiger partial charge in [-0.1, -0.05) is 30.3 Å². The molecule has 1 heterocycles. The maximum Gasteiger partial charge on any atom is 0.407 e. The minimum absolute atomic E-state index is 0.0667. The number of ether oxygens (including phenoxy) is 3. The molecule has 0 unspecified atom stereocenters. The van der Waals surface area contributed by atoms with Crippen molar-refractivity contribution in [2.24, 2.45) is 0 Å². The molecule has 0 radical (unpaired) electrons. The van der Waals surface area contributed by atoms with Crippen molar-refractivity contribution in [3.63, 3.8) is 0 Å². The fourth-order valence-corrected chi connectivity index (χ4v) is 2.62.